The number of carbonyl (C=O) groups excluding carboxylic acids is 2. The maximum Gasteiger partial charge on any atom is 0.339 e. The number of rotatable bonds is 3. The molecule has 124 valence electrons. The molecular weight excluding hydrogens is 309 g/mol. The van der Waals surface area contributed by atoms with E-state index in [1.54, 1.807) is 12.1 Å². The molecule has 0 spiro atoms. The fourth-order valence-electron chi connectivity index (χ4n) is 2.70. The minimum atomic E-state index is -0.966. The van der Waals surface area contributed by atoms with E-state index in [0.29, 0.717) is 11.5 Å². The zero-order valence-corrected chi connectivity index (χ0v) is 13.5. The maximum atomic E-state index is 13.7. The molecule has 3 rings (SSSR count). The molecule has 1 atom stereocenters. The molecule has 1 unspecified atom stereocenters. The molecule has 1 aliphatic heterocycles. The highest BCUT2D eigenvalue weighted by molar-refractivity contribution is 6.00. The van der Waals surface area contributed by atoms with Crippen molar-refractivity contribution in [3.8, 4) is 0 Å². The Morgan fingerprint density at radius 1 is 1.25 bits per heavy atom. The van der Waals surface area contributed by atoms with E-state index < -0.39 is 23.8 Å². The van der Waals surface area contributed by atoms with Crippen molar-refractivity contribution in [1.29, 1.82) is 0 Å². The second-order valence-electron chi connectivity index (χ2n) is 6.14. The Labute approximate surface area is 139 Å². The van der Waals surface area contributed by atoms with Gasteiger partial charge < -0.3 is 10.1 Å². The molecule has 2 aromatic carbocycles. The molecule has 0 radical (unpaired) electrons. The Kier molecular flexibility index (Phi) is 4.34. The van der Waals surface area contributed by atoms with Crippen LogP contribution in [0.4, 0.5) is 10.1 Å². The van der Waals surface area contributed by atoms with Crippen molar-refractivity contribution in [3.63, 3.8) is 0 Å². The van der Waals surface area contributed by atoms with Crippen LogP contribution in [0.5, 0.6) is 0 Å². The molecule has 0 aromatic heterocycles. The first-order valence-corrected chi connectivity index (χ1v) is 7.85. The summed E-state index contributed by atoms with van der Waals surface area (Å²) in [6, 6.07) is 11.4. The lowest BCUT2D eigenvalue weighted by molar-refractivity contribution is -0.125. The molecule has 0 aliphatic carbocycles. The standard InChI is InChI=1S/C19H18FNO3/c1-11(2)12-7-8-14-13(9-12)10-17(24-19(14)23)18(22)21-16-6-4-3-5-15(16)20/h3-9,11,17H,10H2,1-2H3,(H,21,22). The number of cyclic esters (lactones) is 1. The van der Waals surface area contributed by atoms with Crippen molar-refractivity contribution in [2.45, 2.75) is 32.3 Å². The molecule has 4 nitrogen and oxygen atoms in total. The predicted octanol–water partition coefficient (Wildman–Crippen LogP) is 3.67. The van der Waals surface area contributed by atoms with E-state index in [1.165, 1.54) is 18.2 Å². The van der Waals surface area contributed by atoms with Gasteiger partial charge in [0.15, 0.2) is 6.10 Å². The van der Waals surface area contributed by atoms with E-state index in [0.717, 1.165) is 11.1 Å². The average Bonchev–Trinajstić information content (AvgIpc) is 2.56. The zero-order chi connectivity index (χ0) is 17.3. The number of fused-ring (bicyclic) bond motifs is 1. The summed E-state index contributed by atoms with van der Waals surface area (Å²) in [4.78, 5) is 24.5. The largest absolute Gasteiger partial charge is 0.448 e. The van der Waals surface area contributed by atoms with Gasteiger partial charge in [-0.25, -0.2) is 9.18 Å². The molecular formula is C19H18FNO3. The van der Waals surface area contributed by atoms with Gasteiger partial charge >= 0.3 is 5.97 Å². The number of anilines is 1. The fourth-order valence-corrected chi connectivity index (χ4v) is 2.70. The molecule has 0 bridgehead atoms. The van der Waals surface area contributed by atoms with E-state index in [9.17, 15) is 14.0 Å². The summed E-state index contributed by atoms with van der Waals surface area (Å²) in [6.07, 6.45) is -0.686. The Balaban J connectivity index is 1.81. The molecule has 5 heteroatoms. The highest BCUT2D eigenvalue weighted by Gasteiger charge is 2.31. The summed E-state index contributed by atoms with van der Waals surface area (Å²) >= 11 is 0. The predicted molar refractivity (Wildman–Crippen MR) is 88.5 cm³/mol. The van der Waals surface area contributed by atoms with Crippen LogP contribution in [0, 0.1) is 5.82 Å². The molecule has 1 aliphatic rings. The third-order valence-electron chi connectivity index (χ3n) is 4.09. The molecule has 0 saturated carbocycles. The summed E-state index contributed by atoms with van der Waals surface area (Å²) in [5, 5.41) is 2.48. The highest BCUT2D eigenvalue weighted by atomic mass is 19.1. The van der Waals surface area contributed by atoms with Gasteiger partial charge in [-0.05, 0) is 35.2 Å². The second-order valence-corrected chi connectivity index (χ2v) is 6.14. The number of halogens is 1. The van der Waals surface area contributed by atoms with Crippen LogP contribution in [0.25, 0.3) is 0 Å². The van der Waals surface area contributed by atoms with Crippen molar-refractivity contribution in [1.82, 2.24) is 0 Å². The monoisotopic (exact) mass is 327 g/mol. The van der Waals surface area contributed by atoms with Crippen LogP contribution in [0.3, 0.4) is 0 Å². The number of hydrogen-bond donors (Lipinski definition) is 1. The third kappa shape index (κ3) is 3.15. The van der Waals surface area contributed by atoms with Crippen LogP contribution in [0.1, 0.15) is 41.3 Å². The number of para-hydroxylation sites is 1. The SMILES string of the molecule is CC(C)c1ccc2c(c1)CC(C(=O)Nc1ccccc1F)OC2=O. The molecule has 1 amide bonds. The van der Waals surface area contributed by atoms with Gasteiger partial charge in [0.2, 0.25) is 0 Å². The Bertz CT molecular complexity index is 801. The first kappa shape index (κ1) is 16.2. The second kappa shape index (κ2) is 6.43. The molecule has 2 aromatic rings. The zero-order valence-electron chi connectivity index (χ0n) is 13.5. The summed E-state index contributed by atoms with van der Waals surface area (Å²) in [5.41, 5.74) is 2.43. The molecule has 24 heavy (non-hydrogen) atoms. The topological polar surface area (TPSA) is 55.4 Å². The lowest BCUT2D eigenvalue weighted by Gasteiger charge is -2.25. The van der Waals surface area contributed by atoms with Gasteiger partial charge in [-0.2, -0.15) is 0 Å². The molecule has 1 heterocycles. The minimum absolute atomic E-state index is 0.0697. The normalized spacial score (nSPS) is 16.5. The van der Waals surface area contributed by atoms with E-state index in [2.05, 4.69) is 19.2 Å². The van der Waals surface area contributed by atoms with Crippen molar-refractivity contribution in [2.75, 3.05) is 5.32 Å². The van der Waals surface area contributed by atoms with Crippen LogP contribution < -0.4 is 5.32 Å². The van der Waals surface area contributed by atoms with Crippen LogP contribution >= 0.6 is 0 Å². The van der Waals surface area contributed by atoms with E-state index in [1.807, 2.05) is 12.1 Å². The van der Waals surface area contributed by atoms with Gasteiger partial charge in [0, 0.05) is 6.42 Å². The highest BCUT2D eigenvalue weighted by Crippen LogP contribution is 2.26. The summed E-state index contributed by atoms with van der Waals surface area (Å²) in [5.74, 6) is -1.27. The van der Waals surface area contributed by atoms with Crippen LogP contribution in [-0.2, 0) is 16.0 Å². The average molecular weight is 327 g/mol. The van der Waals surface area contributed by atoms with Crippen molar-refractivity contribution in [2.24, 2.45) is 0 Å². The van der Waals surface area contributed by atoms with Gasteiger partial charge in [-0.15, -0.1) is 0 Å². The smallest absolute Gasteiger partial charge is 0.339 e. The summed E-state index contributed by atoms with van der Waals surface area (Å²) in [6.45, 7) is 4.12. The van der Waals surface area contributed by atoms with Crippen molar-refractivity contribution < 1.29 is 18.7 Å². The Morgan fingerprint density at radius 2 is 2.00 bits per heavy atom. The number of hydrogen-bond acceptors (Lipinski definition) is 3. The quantitative estimate of drug-likeness (QED) is 0.875. The van der Waals surface area contributed by atoms with Crippen LogP contribution in [0.15, 0.2) is 42.5 Å². The number of carbonyl (C=O) groups is 2. The van der Waals surface area contributed by atoms with Gasteiger partial charge in [0.25, 0.3) is 5.91 Å². The number of esters is 1. The summed E-state index contributed by atoms with van der Waals surface area (Å²) < 4.78 is 18.9. The maximum absolute atomic E-state index is 13.7. The van der Waals surface area contributed by atoms with Crippen molar-refractivity contribution in [3.05, 3.63) is 65.0 Å². The first-order chi connectivity index (χ1) is 11.5. The molecule has 1 N–H and O–H groups in total. The van der Waals surface area contributed by atoms with E-state index in [4.69, 9.17) is 4.74 Å². The number of amides is 1. The first-order valence-electron chi connectivity index (χ1n) is 7.85. The Morgan fingerprint density at radius 3 is 2.71 bits per heavy atom. The lowest BCUT2D eigenvalue weighted by Crippen LogP contribution is -2.38. The van der Waals surface area contributed by atoms with Crippen LogP contribution in [-0.4, -0.2) is 18.0 Å². The number of benzene rings is 2. The number of ether oxygens (including phenoxy) is 1. The van der Waals surface area contributed by atoms with E-state index in [-0.39, 0.29) is 12.1 Å². The molecule has 0 fully saturated rings. The lowest BCUT2D eigenvalue weighted by atomic mass is 9.92. The summed E-state index contributed by atoms with van der Waals surface area (Å²) in [7, 11) is 0. The van der Waals surface area contributed by atoms with E-state index >= 15 is 0 Å². The van der Waals surface area contributed by atoms with Gasteiger partial charge in [0.1, 0.15) is 5.82 Å². The van der Waals surface area contributed by atoms with Crippen LogP contribution in [0.2, 0.25) is 0 Å². The number of nitrogens with one attached hydrogen (secondary N) is 1. The van der Waals surface area contributed by atoms with Gasteiger partial charge in [0.05, 0.1) is 11.3 Å². The Hall–Kier alpha value is -2.69. The minimum Gasteiger partial charge on any atom is -0.448 e. The third-order valence-corrected chi connectivity index (χ3v) is 4.09. The van der Waals surface area contributed by atoms with Crippen molar-refractivity contribution >= 4 is 17.6 Å². The van der Waals surface area contributed by atoms with Gasteiger partial charge in [-0.1, -0.05) is 38.1 Å². The van der Waals surface area contributed by atoms with Gasteiger partial charge in [-0.3, -0.25) is 4.79 Å². The molecule has 0 saturated heterocycles. The fraction of sp³-hybridized carbons (Fsp3) is 0.263.